The van der Waals surface area contributed by atoms with E-state index in [0.29, 0.717) is 5.82 Å². The fourth-order valence-corrected chi connectivity index (χ4v) is 1.62. The van der Waals surface area contributed by atoms with Crippen molar-refractivity contribution in [2.24, 2.45) is 5.73 Å². The van der Waals surface area contributed by atoms with Crippen molar-refractivity contribution < 1.29 is 13.5 Å². The Morgan fingerprint density at radius 2 is 2.00 bits per heavy atom. The monoisotopic (exact) mass is 265 g/mol. The SMILES string of the molecule is COc1cc(F)c(-c2ccnc(C(C)N)n2)cc1F. The van der Waals surface area contributed by atoms with E-state index in [-0.39, 0.29) is 23.0 Å². The minimum absolute atomic E-state index is 0.0441. The molecular formula is C13H13F2N3O. The number of methoxy groups -OCH3 is 1. The smallest absolute Gasteiger partial charge is 0.165 e. The zero-order valence-electron chi connectivity index (χ0n) is 10.5. The van der Waals surface area contributed by atoms with Crippen molar-refractivity contribution in [3.05, 3.63) is 41.9 Å². The lowest BCUT2D eigenvalue weighted by atomic mass is 10.1. The van der Waals surface area contributed by atoms with Crippen LogP contribution in [0.5, 0.6) is 5.75 Å². The van der Waals surface area contributed by atoms with E-state index in [4.69, 9.17) is 10.5 Å². The topological polar surface area (TPSA) is 61.0 Å². The third-order valence-electron chi connectivity index (χ3n) is 2.60. The number of benzene rings is 1. The average Bonchev–Trinajstić information content (AvgIpc) is 2.41. The highest BCUT2D eigenvalue weighted by molar-refractivity contribution is 5.61. The first kappa shape index (κ1) is 13.4. The normalized spacial score (nSPS) is 12.3. The Balaban J connectivity index is 2.53. The number of ether oxygens (including phenoxy) is 1. The molecule has 4 nitrogen and oxygen atoms in total. The molecule has 0 radical (unpaired) electrons. The maximum Gasteiger partial charge on any atom is 0.165 e. The van der Waals surface area contributed by atoms with E-state index in [9.17, 15) is 8.78 Å². The fraction of sp³-hybridized carbons (Fsp3) is 0.231. The maximum atomic E-state index is 13.9. The largest absolute Gasteiger partial charge is 0.494 e. The van der Waals surface area contributed by atoms with Crippen LogP contribution in [0.1, 0.15) is 18.8 Å². The van der Waals surface area contributed by atoms with Crippen LogP contribution in [-0.2, 0) is 0 Å². The highest BCUT2D eigenvalue weighted by Gasteiger charge is 2.14. The van der Waals surface area contributed by atoms with Gasteiger partial charge in [-0.1, -0.05) is 0 Å². The minimum atomic E-state index is -0.653. The molecule has 0 saturated heterocycles. The molecule has 0 bridgehead atoms. The van der Waals surface area contributed by atoms with Gasteiger partial charge in [0.25, 0.3) is 0 Å². The summed E-state index contributed by atoms with van der Waals surface area (Å²) >= 11 is 0. The van der Waals surface area contributed by atoms with Crippen LogP contribution >= 0.6 is 0 Å². The van der Waals surface area contributed by atoms with Crippen molar-refractivity contribution in [3.63, 3.8) is 0 Å². The third kappa shape index (κ3) is 2.68. The van der Waals surface area contributed by atoms with Gasteiger partial charge in [0, 0.05) is 17.8 Å². The molecular weight excluding hydrogens is 252 g/mol. The Labute approximate surface area is 109 Å². The Kier molecular flexibility index (Phi) is 3.71. The Morgan fingerprint density at radius 3 is 2.63 bits per heavy atom. The van der Waals surface area contributed by atoms with Gasteiger partial charge in [-0.05, 0) is 19.1 Å². The molecule has 0 amide bonds. The van der Waals surface area contributed by atoms with Gasteiger partial charge in [0.05, 0.1) is 18.8 Å². The van der Waals surface area contributed by atoms with E-state index in [1.807, 2.05) is 0 Å². The molecule has 0 aliphatic heterocycles. The fourth-order valence-electron chi connectivity index (χ4n) is 1.62. The maximum absolute atomic E-state index is 13.9. The quantitative estimate of drug-likeness (QED) is 0.926. The van der Waals surface area contributed by atoms with Crippen LogP contribution in [0, 0.1) is 11.6 Å². The number of halogens is 2. The van der Waals surface area contributed by atoms with E-state index < -0.39 is 11.6 Å². The number of hydrogen-bond donors (Lipinski definition) is 1. The molecule has 2 N–H and O–H groups in total. The van der Waals surface area contributed by atoms with Gasteiger partial charge in [0.1, 0.15) is 11.6 Å². The molecule has 2 aromatic rings. The van der Waals surface area contributed by atoms with Gasteiger partial charge < -0.3 is 10.5 Å². The lowest BCUT2D eigenvalue weighted by Crippen LogP contribution is -2.10. The molecule has 0 aliphatic carbocycles. The van der Waals surface area contributed by atoms with Gasteiger partial charge in [0.15, 0.2) is 11.6 Å². The molecule has 1 unspecified atom stereocenters. The minimum Gasteiger partial charge on any atom is -0.494 e. The standard InChI is InChI=1S/C13H13F2N3O/c1-7(16)13-17-4-3-11(18-13)8-5-10(15)12(19-2)6-9(8)14/h3-7H,16H2,1-2H3. The van der Waals surface area contributed by atoms with Crippen molar-refractivity contribution in [1.29, 1.82) is 0 Å². The number of aromatic nitrogens is 2. The summed E-state index contributed by atoms with van der Waals surface area (Å²) in [4.78, 5) is 8.09. The second-order valence-corrected chi connectivity index (χ2v) is 4.06. The predicted molar refractivity (Wildman–Crippen MR) is 66.5 cm³/mol. The summed E-state index contributed by atoms with van der Waals surface area (Å²) < 4.78 is 32.2. The van der Waals surface area contributed by atoms with Crippen LogP contribution in [0.15, 0.2) is 24.4 Å². The Bertz CT molecular complexity index is 602. The molecule has 1 aromatic heterocycles. The first-order valence-corrected chi connectivity index (χ1v) is 5.65. The molecule has 0 saturated carbocycles. The first-order valence-electron chi connectivity index (χ1n) is 5.65. The summed E-state index contributed by atoms with van der Waals surface area (Å²) in [6.07, 6.45) is 1.46. The molecule has 1 atom stereocenters. The summed E-state index contributed by atoms with van der Waals surface area (Å²) in [6.45, 7) is 1.71. The number of hydrogen-bond acceptors (Lipinski definition) is 4. The second kappa shape index (κ2) is 5.27. The van der Waals surface area contributed by atoms with Crippen LogP contribution in [0.4, 0.5) is 8.78 Å². The van der Waals surface area contributed by atoms with Gasteiger partial charge in [-0.15, -0.1) is 0 Å². The average molecular weight is 265 g/mol. The summed E-state index contributed by atoms with van der Waals surface area (Å²) in [7, 11) is 1.27. The summed E-state index contributed by atoms with van der Waals surface area (Å²) in [5.41, 5.74) is 5.98. The molecule has 6 heteroatoms. The van der Waals surface area contributed by atoms with E-state index >= 15 is 0 Å². The molecule has 1 aromatic carbocycles. The van der Waals surface area contributed by atoms with Crippen molar-refractivity contribution in [2.75, 3.05) is 7.11 Å². The highest BCUT2D eigenvalue weighted by atomic mass is 19.1. The van der Waals surface area contributed by atoms with Crippen molar-refractivity contribution in [2.45, 2.75) is 13.0 Å². The van der Waals surface area contributed by atoms with Crippen LogP contribution in [0.2, 0.25) is 0 Å². The van der Waals surface area contributed by atoms with Gasteiger partial charge in [-0.2, -0.15) is 0 Å². The molecule has 1 heterocycles. The molecule has 0 fully saturated rings. The Hall–Kier alpha value is -2.08. The molecule has 2 rings (SSSR count). The second-order valence-electron chi connectivity index (χ2n) is 4.06. The lowest BCUT2D eigenvalue weighted by molar-refractivity contribution is 0.383. The highest BCUT2D eigenvalue weighted by Crippen LogP contribution is 2.27. The summed E-state index contributed by atoms with van der Waals surface area (Å²) in [6, 6.07) is 3.14. The summed E-state index contributed by atoms with van der Waals surface area (Å²) in [5.74, 6) is -1.05. The zero-order valence-corrected chi connectivity index (χ0v) is 10.5. The number of rotatable bonds is 3. The Morgan fingerprint density at radius 1 is 1.26 bits per heavy atom. The van der Waals surface area contributed by atoms with E-state index in [2.05, 4.69) is 9.97 Å². The van der Waals surface area contributed by atoms with Crippen LogP contribution in [0.25, 0.3) is 11.3 Å². The van der Waals surface area contributed by atoms with Gasteiger partial charge in [-0.25, -0.2) is 18.7 Å². The van der Waals surface area contributed by atoms with Gasteiger partial charge in [0.2, 0.25) is 0 Å². The zero-order chi connectivity index (χ0) is 14.0. The van der Waals surface area contributed by atoms with Crippen molar-refractivity contribution in [3.8, 4) is 17.0 Å². The summed E-state index contributed by atoms with van der Waals surface area (Å²) in [5, 5.41) is 0. The molecule has 19 heavy (non-hydrogen) atoms. The van der Waals surface area contributed by atoms with Gasteiger partial charge in [-0.3, -0.25) is 0 Å². The van der Waals surface area contributed by atoms with Crippen LogP contribution < -0.4 is 10.5 Å². The van der Waals surface area contributed by atoms with Crippen LogP contribution in [-0.4, -0.2) is 17.1 Å². The van der Waals surface area contributed by atoms with Crippen molar-refractivity contribution >= 4 is 0 Å². The van der Waals surface area contributed by atoms with E-state index in [0.717, 1.165) is 12.1 Å². The lowest BCUT2D eigenvalue weighted by Gasteiger charge is -2.09. The predicted octanol–water partition coefficient (Wildman–Crippen LogP) is 2.45. The molecule has 100 valence electrons. The van der Waals surface area contributed by atoms with Gasteiger partial charge >= 0.3 is 0 Å². The first-order chi connectivity index (χ1) is 9.02. The number of nitrogens with two attached hydrogens (primary N) is 1. The molecule has 0 spiro atoms. The van der Waals surface area contributed by atoms with E-state index in [1.54, 1.807) is 6.92 Å². The number of nitrogens with zero attached hydrogens (tertiary/aromatic N) is 2. The van der Waals surface area contributed by atoms with Crippen molar-refractivity contribution in [1.82, 2.24) is 9.97 Å². The van der Waals surface area contributed by atoms with Crippen LogP contribution in [0.3, 0.4) is 0 Å². The molecule has 0 aliphatic rings. The van der Waals surface area contributed by atoms with E-state index in [1.165, 1.54) is 19.4 Å². The third-order valence-corrected chi connectivity index (χ3v) is 2.60.